The Morgan fingerprint density at radius 2 is 1.16 bits per heavy atom. The molecule has 0 unspecified atom stereocenters. The van der Waals surface area contributed by atoms with Gasteiger partial charge < -0.3 is 15.3 Å². The van der Waals surface area contributed by atoms with E-state index in [4.69, 9.17) is 15.3 Å². The Balaban J connectivity index is -0.000000122. The van der Waals surface area contributed by atoms with Crippen molar-refractivity contribution in [3.63, 3.8) is 0 Å². The Hall–Kier alpha value is 0.576. The second kappa shape index (κ2) is 20.9. The fourth-order valence-electron chi connectivity index (χ4n) is 0.599. The molecule has 0 aromatic rings. The van der Waals surface area contributed by atoms with Crippen LogP contribution in [0.15, 0.2) is 16.6 Å². The topological polar surface area (TPSA) is 60.7 Å². The second-order valence-electron chi connectivity index (χ2n) is 6.42. The molecule has 25 heavy (non-hydrogen) atoms. The van der Waals surface area contributed by atoms with Gasteiger partial charge in [-0.1, -0.05) is 41.5 Å². The van der Waals surface area contributed by atoms with Crippen LogP contribution in [0, 0.1) is 23.8 Å². The van der Waals surface area contributed by atoms with Gasteiger partial charge >= 0.3 is 54.2 Å². The maximum absolute atomic E-state index is 11.8. The van der Waals surface area contributed by atoms with Gasteiger partial charge in [-0.2, -0.15) is 0 Å². The van der Waals surface area contributed by atoms with Crippen molar-refractivity contribution in [1.82, 2.24) is 0 Å². The summed E-state index contributed by atoms with van der Waals surface area (Å²) in [6.45, 7) is 12.7. The van der Waals surface area contributed by atoms with Gasteiger partial charge in [-0.15, -0.1) is 0 Å². The van der Waals surface area contributed by atoms with E-state index in [0.717, 1.165) is 6.08 Å². The van der Waals surface area contributed by atoms with Gasteiger partial charge in [0.15, 0.2) is 0 Å². The van der Waals surface area contributed by atoms with Crippen LogP contribution in [0.2, 0.25) is 0 Å². The SMILES string of the molecule is CC(C)CO.CC(C)CO.CC(C)CO.[F][Ge]([F])([F])[C]1=[C-]CC=C1.[Zr]. The van der Waals surface area contributed by atoms with E-state index < -0.39 is 19.1 Å². The molecule has 0 saturated carbocycles. The molecule has 0 atom stereocenters. The molecule has 3 nitrogen and oxygen atoms in total. The predicted molar refractivity (Wildman–Crippen MR) is 95.4 cm³/mol. The van der Waals surface area contributed by atoms with Gasteiger partial charge in [-0.05, 0) is 17.8 Å². The minimum Gasteiger partial charge on any atom is 0 e. The largest absolute Gasteiger partial charge is 0 e. The summed E-state index contributed by atoms with van der Waals surface area (Å²) < 4.78 is 34.9. The summed E-state index contributed by atoms with van der Waals surface area (Å²) >= 11 is -5.96. The summed E-state index contributed by atoms with van der Waals surface area (Å²) in [6, 6.07) is 0. The van der Waals surface area contributed by atoms with Gasteiger partial charge in [0.25, 0.3) is 0 Å². The van der Waals surface area contributed by atoms with E-state index in [1.165, 1.54) is 6.08 Å². The number of hydrogen-bond acceptors (Lipinski definition) is 3. The van der Waals surface area contributed by atoms with Crippen LogP contribution < -0.4 is 0 Å². The number of allylic oxidation sites excluding steroid dienone is 4. The Labute approximate surface area is 174 Å². The Morgan fingerprint density at radius 3 is 1.24 bits per heavy atom. The molecule has 0 aromatic carbocycles. The minimum absolute atomic E-state index is 0. The second-order valence-corrected chi connectivity index (χ2v) is 9.64. The van der Waals surface area contributed by atoms with Crippen molar-refractivity contribution >= 4 is 14.7 Å². The van der Waals surface area contributed by atoms with Gasteiger partial charge in [0.05, 0.1) is 0 Å². The van der Waals surface area contributed by atoms with Gasteiger partial charge in [0.1, 0.15) is 0 Å². The molecule has 150 valence electrons. The molecule has 0 aliphatic heterocycles. The average molecular weight is 507 g/mol. The van der Waals surface area contributed by atoms with E-state index in [9.17, 15) is 10.5 Å². The van der Waals surface area contributed by atoms with E-state index in [2.05, 4.69) is 6.08 Å². The first kappa shape index (κ1) is 33.2. The van der Waals surface area contributed by atoms with E-state index >= 15 is 0 Å². The number of aliphatic hydroxyl groups excluding tert-OH is 3. The van der Waals surface area contributed by atoms with Gasteiger partial charge in [-0.3, -0.25) is 0 Å². The molecule has 1 rings (SSSR count). The van der Waals surface area contributed by atoms with Crippen molar-refractivity contribution in [2.75, 3.05) is 19.8 Å². The van der Waals surface area contributed by atoms with Crippen molar-refractivity contribution < 1.29 is 52.0 Å². The number of halogens is 3. The van der Waals surface area contributed by atoms with Crippen molar-refractivity contribution in [2.45, 2.75) is 48.0 Å². The van der Waals surface area contributed by atoms with Crippen LogP contribution in [0.1, 0.15) is 48.0 Å². The Kier molecular flexibility index (Phi) is 27.7. The van der Waals surface area contributed by atoms with Crippen LogP contribution in [-0.2, 0) is 26.2 Å². The minimum atomic E-state index is -5.96. The van der Waals surface area contributed by atoms with Crippen LogP contribution >= 0.6 is 0 Å². The zero-order chi connectivity index (χ0) is 19.8. The monoisotopic (exact) mass is 507 g/mol. The Bertz CT molecular complexity index is 313. The zero-order valence-corrected chi connectivity index (χ0v) is 20.7. The van der Waals surface area contributed by atoms with Crippen molar-refractivity contribution in [1.29, 1.82) is 0 Å². The van der Waals surface area contributed by atoms with Gasteiger partial charge in [0.2, 0.25) is 0 Å². The molecule has 0 amide bonds. The molecule has 1 aliphatic rings. The molecular weight excluding hydrogens is 473 g/mol. The molecular formula is C17H34F3GeO3Zr-. The summed E-state index contributed by atoms with van der Waals surface area (Å²) in [4.78, 5) is 0. The van der Waals surface area contributed by atoms with E-state index in [-0.39, 0.29) is 26.2 Å². The van der Waals surface area contributed by atoms with Gasteiger partial charge in [-0.25, -0.2) is 0 Å². The Morgan fingerprint density at radius 1 is 0.880 bits per heavy atom. The summed E-state index contributed by atoms with van der Waals surface area (Å²) in [7, 11) is 0. The van der Waals surface area contributed by atoms with E-state index in [0.29, 0.717) is 44.0 Å². The maximum Gasteiger partial charge on any atom is 0 e. The predicted octanol–water partition coefficient (Wildman–Crippen LogP) is 3.96. The molecule has 0 saturated heterocycles. The third-order valence-electron chi connectivity index (χ3n) is 2.10. The first-order valence-corrected chi connectivity index (χ1v) is 11.5. The molecule has 3 N–H and O–H groups in total. The van der Waals surface area contributed by atoms with Crippen LogP contribution in [0.25, 0.3) is 0 Å². The smallest absolute Gasteiger partial charge is 0 e. The standard InChI is InChI=1S/C5H4F3Ge.3C4H10O.Zr/c6-9(7,8)5-3-1-2-4-5;3*1-4(2)3-5;/h1,3H,2H2;3*4-5H,3H2,1-2H3;/q-1;;;;. The maximum atomic E-state index is 11.8. The van der Waals surface area contributed by atoms with Crippen LogP contribution in [0.5, 0.6) is 0 Å². The molecule has 1 aliphatic carbocycles. The molecule has 0 heterocycles. The molecule has 0 radical (unpaired) electrons. The third-order valence-corrected chi connectivity index (χ3v) is 4.10. The normalized spacial score (nSPS) is 12.4. The van der Waals surface area contributed by atoms with E-state index in [1.807, 2.05) is 41.5 Å². The fourth-order valence-corrected chi connectivity index (χ4v) is 1.88. The summed E-state index contributed by atoms with van der Waals surface area (Å²) in [5.41, 5.74) is 0. The summed E-state index contributed by atoms with van der Waals surface area (Å²) in [6.07, 6.45) is 5.20. The quantitative estimate of drug-likeness (QED) is 0.399. The third kappa shape index (κ3) is 32.7. The fraction of sp³-hybridized carbons (Fsp3) is 0.765. The number of aliphatic hydroxyl groups is 3. The molecule has 0 bridgehead atoms. The molecule has 0 fully saturated rings. The van der Waals surface area contributed by atoms with Crippen molar-refractivity contribution in [2.24, 2.45) is 17.8 Å². The first-order valence-electron chi connectivity index (χ1n) is 8.09. The summed E-state index contributed by atoms with van der Waals surface area (Å²) in [5, 5.41) is 24.4. The average Bonchev–Trinajstić information content (AvgIpc) is 3.03. The van der Waals surface area contributed by atoms with Crippen LogP contribution in [0.3, 0.4) is 0 Å². The van der Waals surface area contributed by atoms with Crippen LogP contribution in [-0.4, -0.2) is 49.8 Å². The number of hydrogen-bond donors (Lipinski definition) is 3. The first-order chi connectivity index (χ1) is 10.9. The zero-order valence-electron chi connectivity index (χ0n) is 16.2. The molecule has 0 aromatic heterocycles. The summed E-state index contributed by atoms with van der Waals surface area (Å²) in [5.74, 6) is 1.32. The van der Waals surface area contributed by atoms with Crippen molar-refractivity contribution in [3.8, 4) is 0 Å². The molecule has 0 spiro atoms. The van der Waals surface area contributed by atoms with Crippen molar-refractivity contribution in [3.05, 3.63) is 22.6 Å². The molecule has 8 heteroatoms. The van der Waals surface area contributed by atoms with Gasteiger partial charge in [0, 0.05) is 46.0 Å². The van der Waals surface area contributed by atoms with E-state index in [1.54, 1.807) is 0 Å². The van der Waals surface area contributed by atoms with Crippen LogP contribution in [0.4, 0.5) is 10.5 Å². The number of rotatable bonds is 4.